The van der Waals surface area contributed by atoms with Gasteiger partial charge in [0.2, 0.25) is 0 Å². The molecule has 2 heterocycles. The van der Waals surface area contributed by atoms with Crippen molar-refractivity contribution in [1.29, 1.82) is 0 Å². The third kappa shape index (κ3) is 2.07. The fourth-order valence-corrected chi connectivity index (χ4v) is 2.38. The van der Waals surface area contributed by atoms with Gasteiger partial charge >= 0.3 is 0 Å². The predicted octanol–water partition coefficient (Wildman–Crippen LogP) is 3.81. The first-order valence-electron chi connectivity index (χ1n) is 6.49. The van der Waals surface area contributed by atoms with E-state index in [-0.39, 0.29) is 5.78 Å². The fraction of sp³-hybridized carbons (Fsp3) is 0.118. The number of fused-ring (bicyclic) bond motifs is 1. The molecule has 0 bridgehead atoms. The largest absolute Gasteiger partial charge is 0.293 e. The number of Topliss-reactive ketones (excluding diaryl/α,β-unsaturated/α-hetero) is 1. The lowest BCUT2D eigenvalue weighted by Crippen LogP contribution is -2.00. The van der Waals surface area contributed by atoms with E-state index in [1.807, 2.05) is 49.4 Å². The Hall–Kier alpha value is -2.55. The second kappa shape index (κ2) is 4.85. The van der Waals surface area contributed by atoms with Gasteiger partial charge in [-0.15, -0.1) is 0 Å². The van der Waals surface area contributed by atoms with Gasteiger partial charge in [-0.05, 0) is 24.6 Å². The summed E-state index contributed by atoms with van der Waals surface area (Å²) in [6.07, 6.45) is 1.63. The van der Waals surface area contributed by atoms with Crippen LogP contribution in [0.4, 0.5) is 0 Å². The molecule has 0 amide bonds. The van der Waals surface area contributed by atoms with Crippen LogP contribution < -0.4 is 0 Å². The van der Waals surface area contributed by atoms with E-state index in [0.29, 0.717) is 5.69 Å². The maximum atomic E-state index is 11.7. The lowest BCUT2D eigenvalue weighted by atomic mass is 10.0. The van der Waals surface area contributed by atoms with Crippen molar-refractivity contribution in [3.05, 3.63) is 60.0 Å². The number of ketones is 1. The molecule has 3 rings (SSSR count). The number of benzene rings is 1. The highest BCUT2D eigenvalue weighted by atomic mass is 16.1. The quantitative estimate of drug-likeness (QED) is 0.659. The first-order valence-corrected chi connectivity index (χ1v) is 6.49. The number of pyridine rings is 2. The monoisotopic (exact) mass is 262 g/mol. The number of carbonyl (C=O) groups is 1. The number of aryl methyl sites for hydroxylation is 1. The molecule has 98 valence electrons. The van der Waals surface area contributed by atoms with E-state index in [0.717, 1.165) is 27.7 Å². The van der Waals surface area contributed by atoms with Crippen molar-refractivity contribution in [2.24, 2.45) is 0 Å². The van der Waals surface area contributed by atoms with Crippen LogP contribution in [0.1, 0.15) is 23.1 Å². The van der Waals surface area contributed by atoms with Gasteiger partial charge in [-0.2, -0.15) is 0 Å². The molecule has 0 saturated heterocycles. The minimum absolute atomic E-state index is 0.0414. The molecule has 0 aliphatic carbocycles. The van der Waals surface area contributed by atoms with E-state index in [2.05, 4.69) is 9.97 Å². The van der Waals surface area contributed by atoms with Crippen LogP contribution in [0.3, 0.4) is 0 Å². The van der Waals surface area contributed by atoms with Gasteiger partial charge in [0.15, 0.2) is 5.78 Å². The average molecular weight is 262 g/mol. The summed E-state index contributed by atoms with van der Waals surface area (Å²) in [5.41, 5.74) is 4.37. The summed E-state index contributed by atoms with van der Waals surface area (Å²) in [6, 6.07) is 13.9. The van der Waals surface area contributed by atoms with Gasteiger partial charge < -0.3 is 0 Å². The number of rotatable bonds is 2. The van der Waals surface area contributed by atoms with Crippen molar-refractivity contribution in [3.63, 3.8) is 0 Å². The molecule has 0 aliphatic heterocycles. The molecule has 20 heavy (non-hydrogen) atoms. The van der Waals surface area contributed by atoms with Crippen LogP contribution in [0.2, 0.25) is 0 Å². The Morgan fingerprint density at radius 2 is 1.85 bits per heavy atom. The van der Waals surface area contributed by atoms with Gasteiger partial charge in [0, 0.05) is 29.8 Å². The average Bonchev–Trinajstić information content (AvgIpc) is 2.46. The van der Waals surface area contributed by atoms with Crippen LogP contribution in [-0.2, 0) is 0 Å². The Balaban J connectivity index is 2.32. The first-order chi connectivity index (χ1) is 9.66. The second-order valence-corrected chi connectivity index (χ2v) is 4.77. The van der Waals surface area contributed by atoms with Gasteiger partial charge in [0.1, 0.15) is 5.69 Å². The Morgan fingerprint density at radius 1 is 1.10 bits per heavy atom. The summed E-state index contributed by atoms with van der Waals surface area (Å²) >= 11 is 0. The highest BCUT2D eigenvalue weighted by Crippen LogP contribution is 2.27. The van der Waals surface area contributed by atoms with Crippen LogP contribution in [-0.4, -0.2) is 15.8 Å². The summed E-state index contributed by atoms with van der Waals surface area (Å²) in [4.78, 5) is 20.5. The molecule has 0 saturated carbocycles. The van der Waals surface area contributed by atoms with Crippen LogP contribution in [0.15, 0.2) is 48.7 Å². The van der Waals surface area contributed by atoms with Gasteiger partial charge in [-0.25, -0.2) is 0 Å². The van der Waals surface area contributed by atoms with E-state index in [9.17, 15) is 4.79 Å². The van der Waals surface area contributed by atoms with Crippen molar-refractivity contribution in [1.82, 2.24) is 9.97 Å². The zero-order valence-corrected chi connectivity index (χ0v) is 11.4. The van der Waals surface area contributed by atoms with E-state index >= 15 is 0 Å². The molecule has 0 fully saturated rings. The minimum Gasteiger partial charge on any atom is -0.293 e. The van der Waals surface area contributed by atoms with Crippen molar-refractivity contribution in [2.45, 2.75) is 13.8 Å². The molecule has 3 nitrogen and oxygen atoms in total. The van der Waals surface area contributed by atoms with Crippen molar-refractivity contribution in [2.75, 3.05) is 0 Å². The zero-order chi connectivity index (χ0) is 14.1. The van der Waals surface area contributed by atoms with Gasteiger partial charge in [-0.3, -0.25) is 14.8 Å². The van der Waals surface area contributed by atoms with Gasteiger partial charge in [-0.1, -0.05) is 30.3 Å². The maximum Gasteiger partial charge on any atom is 0.178 e. The van der Waals surface area contributed by atoms with E-state index in [1.165, 1.54) is 6.92 Å². The Kier molecular flexibility index (Phi) is 3.03. The third-order valence-corrected chi connectivity index (χ3v) is 3.35. The molecular weight excluding hydrogens is 248 g/mol. The molecule has 0 atom stereocenters. The third-order valence-electron chi connectivity index (χ3n) is 3.35. The maximum absolute atomic E-state index is 11.7. The number of hydrogen-bond donors (Lipinski definition) is 0. The van der Waals surface area contributed by atoms with Crippen molar-refractivity contribution < 1.29 is 4.79 Å². The smallest absolute Gasteiger partial charge is 0.178 e. The fourth-order valence-electron chi connectivity index (χ4n) is 2.38. The van der Waals surface area contributed by atoms with Crippen molar-refractivity contribution in [3.8, 4) is 11.1 Å². The SMILES string of the molecule is CC(=O)c1nccc2nc(C)c(-c3ccccc3)cc12. The summed E-state index contributed by atoms with van der Waals surface area (Å²) in [5, 5.41) is 0.810. The van der Waals surface area contributed by atoms with Gasteiger partial charge in [0.25, 0.3) is 0 Å². The van der Waals surface area contributed by atoms with E-state index < -0.39 is 0 Å². The summed E-state index contributed by atoms with van der Waals surface area (Å²) in [5.74, 6) is -0.0414. The van der Waals surface area contributed by atoms with Crippen LogP contribution in [0, 0.1) is 6.92 Å². The molecule has 0 radical (unpaired) electrons. The first kappa shape index (κ1) is 12.5. The molecular formula is C17H14N2O. The summed E-state index contributed by atoms with van der Waals surface area (Å²) in [6.45, 7) is 3.51. The van der Waals surface area contributed by atoms with Crippen molar-refractivity contribution >= 4 is 16.7 Å². The Bertz CT molecular complexity index is 795. The van der Waals surface area contributed by atoms with Crippen LogP contribution in [0.25, 0.3) is 22.0 Å². The summed E-state index contributed by atoms with van der Waals surface area (Å²) < 4.78 is 0. The Labute approximate surface area is 117 Å². The molecule has 0 N–H and O–H groups in total. The Morgan fingerprint density at radius 3 is 2.55 bits per heavy atom. The normalized spacial score (nSPS) is 10.7. The van der Waals surface area contributed by atoms with Gasteiger partial charge in [0.05, 0.1) is 5.52 Å². The number of nitrogens with zero attached hydrogens (tertiary/aromatic N) is 2. The molecule has 2 aromatic heterocycles. The molecule has 3 aromatic rings. The highest BCUT2D eigenvalue weighted by Gasteiger charge is 2.11. The minimum atomic E-state index is -0.0414. The molecule has 3 heteroatoms. The molecule has 0 unspecified atom stereocenters. The lowest BCUT2D eigenvalue weighted by Gasteiger charge is -2.09. The molecule has 0 aliphatic rings. The summed E-state index contributed by atoms with van der Waals surface area (Å²) in [7, 11) is 0. The zero-order valence-electron chi connectivity index (χ0n) is 11.4. The number of carbonyl (C=O) groups excluding carboxylic acids is 1. The molecule has 1 aromatic carbocycles. The highest BCUT2D eigenvalue weighted by molar-refractivity contribution is 6.05. The van der Waals surface area contributed by atoms with Crippen LogP contribution in [0.5, 0.6) is 0 Å². The molecule has 0 spiro atoms. The van der Waals surface area contributed by atoms with E-state index in [1.54, 1.807) is 6.20 Å². The van der Waals surface area contributed by atoms with E-state index in [4.69, 9.17) is 0 Å². The number of aromatic nitrogens is 2. The topological polar surface area (TPSA) is 42.9 Å². The van der Waals surface area contributed by atoms with Crippen LogP contribution >= 0.6 is 0 Å². The number of hydrogen-bond acceptors (Lipinski definition) is 3. The standard InChI is InChI=1S/C17H14N2O/c1-11-14(13-6-4-3-5-7-13)10-15-16(19-11)8-9-18-17(15)12(2)20/h3-10H,1-2H3. The second-order valence-electron chi connectivity index (χ2n) is 4.77. The lowest BCUT2D eigenvalue weighted by molar-refractivity contribution is 0.101. The predicted molar refractivity (Wildman–Crippen MR) is 79.7 cm³/mol.